The molecule has 0 saturated carbocycles. The predicted molar refractivity (Wildman–Crippen MR) is 77.6 cm³/mol. The number of rotatable bonds is 7. The highest BCUT2D eigenvalue weighted by molar-refractivity contribution is 5.61. The number of hydrogen-bond acceptors (Lipinski definition) is 3. The SMILES string of the molecule is CCC(CC)CNCc1cn[nH]c1-c1cccnc1. The van der Waals surface area contributed by atoms with E-state index in [9.17, 15) is 0 Å². The van der Waals surface area contributed by atoms with Crippen LogP contribution < -0.4 is 5.32 Å². The first kappa shape index (κ1) is 13.7. The monoisotopic (exact) mass is 258 g/mol. The molecule has 2 rings (SSSR count). The number of hydrogen-bond donors (Lipinski definition) is 2. The molecule has 0 saturated heterocycles. The highest BCUT2D eigenvalue weighted by atomic mass is 15.1. The van der Waals surface area contributed by atoms with E-state index in [4.69, 9.17) is 0 Å². The van der Waals surface area contributed by atoms with E-state index in [0.29, 0.717) is 0 Å². The van der Waals surface area contributed by atoms with Gasteiger partial charge in [-0.25, -0.2) is 0 Å². The first-order chi connectivity index (χ1) is 9.35. The largest absolute Gasteiger partial charge is 0.312 e. The van der Waals surface area contributed by atoms with Gasteiger partial charge in [-0.15, -0.1) is 0 Å². The van der Waals surface area contributed by atoms with E-state index in [0.717, 1.165) is 30.3 Å². The summed E-state index contributed by atoms with van der Waals surface area (Å²) in [5, 5.41) is 10.7. The molecule has 2 aromatic heterocycles. The highest BCUT2D eigenvalue weighted by Crippen LogP contribution is 2.19. The van der Waals surface area contributed by atoms with Crippen LogP contribution in [0.5, 0.6) is 0 Å². The number of aromatic amines is 1. The van der Waals surface area contributed by atoms with Crippen molar-refractivity contribution < 1.29 is 0 Å². The van der Waals surface area contributed by atoms with Gasteiger partial charge in [0.25, 0.3) is 0 Å². The quantitative estimate of drug-likeness (QED) is 0.802. The van der Waals surface area contributed by atoms with E-state index in [1.165, 1.54) is 18.4 Å². The van der Waals surface area contributed by atoms with Crippen LogP contribution in [0.1, 0.15) is 32.3 Å². The summed E-state index contributed by atoms with van der Waals surface area (Å²) in [6, 6.07) is 3.99. The molecule has 0 aliphatic carbocycles. The molecule has 0 aliphatic heterocycles. The minimum atomic E-state index is 0.758. The number of aromatic nitrogens is 3. The molecule has 4 nitrogen and oxygen atoms in total. The van der Waals surface area contributed by atoms with Crippen LogP contribution in [0.25, 0.3) is 11.3 Å². The van der Waals surface area contributed by atoms with Gasteiger partial charge in [0.15, 0.2) is 0 Å². The van der Waals surface area contributed by atoms with Crippen LogP contribution >= 0.6 is 0 Å². The number of H-pyrrole nitrogens is 1. The molecular weight excluding hydrogens is 236 g/mol. The Labute approximate surface area is 114 Å². The summed E-state index contributed by atoms with van der Waals surface area (Å²) in [6.07, 6.45) is 7.99. The zero-order valence-electron chi connectivity index (χ0n) is 11.7. The minimum Gasteiger partial charge on any atom is -0.312 e. The van der Waals surface area contributed by atoms with Gasteiger partial charge in [0.1, 0.15) is 0 Å². The molecule has 0 spiro atoms. The van der Waals surface area contributed by atoms with Crippen LogP contribution in [0.3, 0.4) is 0 Å². The summed E-state index contributed by atoms with van der Waals surface area (Å²) in [6.45, 7) is 6.39. The Hall–Kier alpha value is -1.68. The third-order valence-electron chi connectivity index (χ3n) is 3.57. The molecule has 2 heterocycles. The molecular formula is C15H22N4. The molecule has 0 radical (unpaired) electrons. The van der Waals surface area contributed by atoms with Gasteiger partial charge < -0.3 is 5.32 Å². The zero-order valence-corrected chi connectivity index (χ0v) is 11.7. The molecule has 2 aromatic rings. The van der Waals surface area contributed by atoms with Crippen molar-refractivity contribution in [2.45, 2.75) is 33.2 Å². The van der Waals surface area contributed by atoms with E-state index in [-0.39, 0.29) is 0 Å². The lowest BCUT2D eigenvalue weighted by Gasteiger charge is -2.13. The minimum absolute atomic E-state index is 0.758. The van der Waals surface area contributed by atoms with E-state index < -0.39 is 0 Å². The summed E-state index contributed by atoms with van der Waals surface area (Å²) >= 11 is 0. The smallest absolute Gasteiger partial charge is 0.0710 e. The summed E-state index contributed by atoms with van der Waals surface area (Å²) < 4.78 is 0. The molecule has 0 bridgehead atoms. The van der Waals surface area contributed by atoms with E-state index in [1.54, 1.807) is 6.20 Å². The van der Waals surface area contributed by atoms with Crippen LogP contribution in [0.15, 0.2) is 30.7 Å². The highest BCUT2D eigenvalue weighted by Gasteiger charge is 2.08. The number of nitrogens with one attached hydrogen (secondary N) is 2. The summed E-state index contributed by atoms with van der Waals surface area (Å²) in [5.41, 5.74) is 3.34. The van der Waals surface area contributed by atoms with Crippen molar-refractivity contribution in [1.82, 2.24) is 20.5 Å². The maximum atomic E-state index is 4.15. The van der Waals surface area contributed by atoms with Gasteiger partial charge in [0.2, 0.25) is 0 Å². The Morgan fingerprint density at radius 1 is 1.26 bits per heavy atom. The maximum Gasteiger partial charge on any atom is 0.0710 e. The van der Waals surface area contributed by atoms with Gasteiger partial charge in [-0.2, -0.15) is 5.10 Å². The third-order valence-corrected chi connectivity index (χ3v) is 3.57. The van der Waals surface area contributed by atoms with E-state index >= 15 is 0 Å². The van der Waals surface area contributed by atoms with Crippen molar-refractivity contribution >= 4 is 0 Å². The Bertz CT molecular complexity index is 474. The predicted octanol–water partition coefficient (Wildman–Crippen LogP) is 3.00. The van der Waals surface area contributed by atoms with Crippen LogP contribution in [0.2, 0.25) is 0 Å². The fourth-order valence-corrected chi connectivity index (χ4v) is 2.19. The second-order valence-electron chi connectivity index (χ2n) is 4.83. The van der Waals surface area contributed by atoms with Crippen molar-refractivity contribution in [3.63, 3.8) is 0 Å². The lowest BCUT2D eigenvalue weighted by Crippen LogP contribution is -2.21. The van der Waals surface area contributed by atoms with Gasteiger partial charge >= 0.3 is 0 Å². The van der Waals surface area contributed by atoms with Crippen molar-refractivity contribution in [1.29, 1.82) is 0 Å². The topological polar surface area (TPSA) is 53.6 Å². The molecule has 0 unspecified atom stereocenters. The Morgan fingerprint density at radius 2 is 2.11 bits per heavy atom. The van der Waals surface area contributed by atoms with Crippen LogP contribution in [-0.2, 0) is 6.54 Å². The molecule has 0 fully saturated rings. The molecule has 19 heavy (non-hydrogen) atoms. The fraction of sp³-hybridized carbons (Fsp3) is 0.467. The average molecular weight is 258 g/mol. The van der Waals surface area contributed by atoms with Crippen molar-refractivity contribution in [2.75, 3.05) is 6.54 Å². The van der Waals surface area contributed by atoms with Crippen LogP contribution in [0.4, 0.5) is 0 Å². The molecule has 0 amide bonds. The normalized spacial score (nSPS) is 11.1. The Balaban J connectivity index is 1.97. The van der Waals surface area contributed by atoms with Crippen LogP contribution in [-0.4, -0.2) is 21.7 Å². The first-order valence-corrected chi connectivity index (χ1v) is 6.98. The Morgan fingerprint density at radius 3 is 2.79 bits per heavy atom. The molecule has 102 valence electrons. The van der Waals surface area contributed by atoms with Crippen molar-refractivity contribution in [3.8, 4) is 11.3 Å². The molecule has 0 aromatic carbocycles. The molecule has 4 heteroatoms. The van der Waals surface area contributed by atoms with E-state index in [2.05, 4.69) is 34.3 Å². The van der Waals surface area contributed by atoms with Crippen molar-refractivity contribution in [3.05, 3.63) is 36.3 Å². The van der Waals surface area contributed by atoms with Gasteiger partial charge in [0.05, 0.1) is 11.9 Å². The fourth-order valence-electron chi connectivity index (χ4n) is 2.19. The molecule has 0 atom stereocenters. The van der Waals surface area contributed by atoms with Gasteiger partial charge in [-0.3, -0.25) is 10.1 Å². The standard InChI is InChI=1S/C15H22N4/c1-3-12(4-2)8-17-10-14-11-18-19-15(14)13-6-5-7-16-9-13/h5-7,9,11-12,17H,3-4,8,10H2,1-2H3,(H,18,19). The lowest BCUT2D eigenvalue weighted by molar-refractivity contribution is 0.450. The first-order valence-electron chi connectivity index (χ1n) is 6.98. The summed E-state index contributed by atoms with van der Waals surface area (Å²) in [7, 11) is 0. The number of nitrogens with zero attached hydrogens (tertiary/aromatic N) is 2. The number of pyridine rings is 1. The summed E-state index contributed by atoms with van der Waals surface area (Å²) in [4.78, 5) is 4.15. The third kappa shape index (κ3) is 3.64. The van der Waals surface area contributed by atoms with Crippen LogP contribution in [0, 0.1) is 5.92 Å². The second-order valence-corrected chi connectivity index (χ2v) is 4.83. The average Bonchev–Trinajstić information content (AvgIpc) is 2.93. The van der Waals surface area contributed by atoms with Gasteiger partial charge in [0, 0.05) is 30.1 Å². The van der Waals surface area contributed by atoms with E-state index in [1.807, 2.05) is 24.5 Å². The molecule has 2 N–H and O–H groups in total. The zero-order chi connectivity index (χ0) is 13.5. The van der Waals surface area contributed by atoms with Gasteiger partial charge in [-0.05, 0) is 24.6 Å². The van der Waals surface area contributed by atoms with Gasteiger partial charge in [-0.1, -0.05) is 26.7 Å². The van der Waals surface area contributed by atoms with Crippen molar-refractivity contribution in [2.24, 2.45) is 5.92 Å². The summed E-state index contributed by atoms with van der Waals surface area (Å²) in [5.74, 6) is 0.758. The lowest BCUT2D eigenvalue weighted by atomic mass is 10.0. The molecule has 0 aliphatic rings. The second kappa shape index (κ2) is 7.04. The maximum absolute atomic E-state index is 4.15. The Kier molecular flexibility index (Phi) is 5.10.